The average molecular weight is 450 g/mol. The summed E-state index contributed by atoms with van der Waals surface area (Å²) in [5, 5.41) is 0. The topological polar surface area (TPSA) is 48.0 Å². The smallest absolute Gasteiger partial charge is 0.254 e. The number of hydrogen-bond donors (Lipinski definition) is 0. The molecule has 1 atom stereocenters. The summed E-state index contributed by atoms with van der Waals surface area (Å²) < 4.78 is 30.6. The fourth-order valence-corrected chi connectivity index (χ4v) is 4.40. The van der Waals surface area contributed by atoms with Crippen LogP contribution in [0.1, 0.15) is 38.7 Å². The SMILES string of the molecule is COc1cc2c(cc1OC)[C@@H](COc1cc(C)cc(C)c1)N(C(=O)c1ccc(F)cc1)CC2. The molecule has 0 aromatic heterocycles. The van der Waals surface area contributed by atoms with Crippen molar-refractivity contribution in [1.82, 2.24) is 4.90 Å². The van der Waals surface area contributed by atoms with Gasteiger partial charge in [0.05, 0.1) is 20.3 Å². The minimum Gasteiger partial charge on any atom is -0.493 e. The second kappa shape index (κ2) is 9.53. The molecule has 1 aliphatic heterocycles. The van der Waals surface area contributed by atoms with Crippen molar-refractivity contribution in [2.75, 3.05) is 27.4 Å². The van der Waals surface area contributed by atoms with Gasteiger partial charge in [-0.3, -0.25) is 4.79 Å². The summed E-state index contributed by atoms with van der Waals surface area (Å²) in [6.07, 6.45) is 0.669. The zero-order valence-electron chi connectivity index (χ0n) is 19.4. The quantitative estimate of drug-likeness (QED) is 0.514. The molecule has 5 nitrogen and oxygen atoms in total. The Kier molecular flexibility index (Phi) is 6.54. The van der Waals surface area contributed by atoms with Crippen LogP contribution >= 0.6 is 0 Å². The minimum absolute atomic E-state index is 0.163. The normalized spacial score (nSPS) is 15.1. The van der Waals surface area contributed by atoms with Crippen LogP contribution < -0.4 is 14.2 Å². The van der Waals surface area contributed by atoms with E-state index in [9.17, 15) is 9.18 Å². The van der Waals surface area contributed by atoms with Crippen molar-refractivity contribution < 1.29 is 23.4 Å². The molecule has 3 aromatic carbocycles. The molecule has 0 bridgehead atoms. The van der Waals surface area contributed by atoms with Crippen LogP contribution in [0.2, 0.25) is 0 Å². The molecule has 4 rings (SSSR count). The van der Waals surface area contributed by atoms with Gasteiger partial charge < -0.3 is 19.1 Å². The lowest BCUT2D eigenvalue weighted by atomic mass is 9.91. The van der Waals surface area contributed by atoms with E-state index >= 15 is 0 Å². The van der Waals surface area contributed by atoms with Crippen LogP contribution in [0.5, 0.6) is 17.2 Å². The first kappa shape index (κ1) is 22.6. The number of halogens is 1. The van der Waals surface area contributed by atoms with Crippen LogP contribution in [0, 0.1) is 19.7 Å². The number of hydrogen-bond acceptors (Lipinski definition) is 4. The second-order valence-electron chi connectivity index (χ2n) is 8.31. The molecule has 172 valence electrons. The predicted molar refractivity (Wildman–Crippen MR) is 125 cm³/mol. The van der Waals surface area contributed by atoms with Gasteiger partial charge in [0.15, 0.2) is 11.5 Å². The van der Waals surface area contributed by atoms with Crippen molar-refractivity contribution in [3.05, 3.63) is 88.2 Å². The second-order valence-corrected chi connectivity index (χ2v) is 8.31. The maximum Gasteiger partial charge on any atom is 0.254 e. The highest BCUT2D eigenvalue weighted by atomic mass is 19.1. The van der Waals surface area contributed by atoms with E-state index in [-0.39, 0.29) is 24.4 Å². The number of carbonyl (C=O) groups is 1. The van der Waals surface area contributed by atoms with E-state index in [0.29, 0.717) is 30.0 Å². The van der Waals surface area contributed by atoms with Gasteiger partial charge >= 0.3 is 0 Å². The van der Waals surface area contributed by atoms with E-state index in [1.165, 1.54) is 24.3 Å². The Morgan fingerprint density at radius 3 is 2.24 bits per heavy atom. The Balaban J connectivity index is 1.71. The zero-order chi connectivity index (χ0) is 23.5. The highest BCUT2D eigenvalue weighted by molar-refractivity contribution is 5.94. The third-order valence-corrected chi connectivity index (χ3v) is 5.96. The van der Waals surface area contributed by atoms with Gasteiger partial charge in [0.25, 0.3) is 5.91 Å². The van der Waals surface area contributed by atoms with Crippen molar-refractivity contribution in [3.8, 4) is 17.2 Å². The van der Waals surface area contributed by atoms with Gasteiger partial charge in [-0.05, 0) is 91.1 Å². The lowest BCUT2D eigenvalue weighted by Gasteiger charge is -2.37. The van der Waals surface area contributed by atoms with Crippen LogP contribution in [-0.4, -0.2) is 38.2 Å². The molecule has 1 aliphatic rings. The molecule has 3 aromatic rings. The van der Waals surface area contributed by atoms with Gasteiger partial charge in [-0.25, -0.2) is 4.39 Å². The number of methoxy groups -OCH3 is 2. The molecule has 1 amide bonds. The van der Waals surface area contributed by atoms with Crippen LogP contribution in [0.4, 0.5) is 4.39 Å². The molecule has 0 saturated carbocycles. The fraction of sp³-hybridized carbons (Fsp3) is 0.296. The number of rotatable bonds is 6. The third kappa shape index (κ3) is 4.80. The van der Waals surface area contributed by atoms with Crippen molar-refractivity contribution >= 4 is 5.91 Å². The minimum atomic E-state index is -0.373. The summed E-state index contributed by atoms with van der Waals surface area (Å²) in [5.41, 5.74) is 4.71. The van der Waals surface area contributed by atoms with Crippen LogP contribution in [0.15, 0.2) is 54.6 Å². The standard InChI is InChI=1S/C27H28FNO4/c1-17-11-18(2)13-22(12-17)33-16-24-23-15-26(32-4)25(31-3)14-20(23)9-10-29(24)27(30)19-5-7-21(28)8-6-19/h5-8,11-15,24H,9-10,16H2,1-4H3/t24-/m1/s1. The fourth-order valence-electron chi connectivity index (χ4n) is 4.40. The molecule has 33 heavy (non-hydrogen) atoms. The van der Waals surface area contributed by atoms with Crippen molar-refractivity contribution in [3.63, 3.8) is 0 Å². The van der Waals surface area contributed by atoms with E-state index in [4.69, 9.17) is 14.2 Å². The Hall–Kier alpha value is -3.54. The Morgan fingerprint density at radius 1 is 0.970 bits per heavy atom. The van der Waals surface area contributed by atoms with Gasteiger partial charge in [-0.2, -0.15) is 0 Å². The molecule has 0 fully saturated rings. The Bertz CT molecular complexity index is 1140. The summed E-state index contributed by atoms with van der Waals surface area (Å²) in [6, 6.07) is 15.3. The lowest BCUT2D eigenvalue weighted by molar-refractivity contribution is 0.0589. The van der Waals surface area contributed by atoms with Crippen molar-refractivity contribution in [2.24, 2.45) is 0 Å². The number of carbonyl (C=O) groups excluding carboxylic acids is 1. The highest BCUT2D eigenvalue weighted by Gasteiger charge is 2.33. The molecule has 0 saturated heterocycles. The summed E-state index contributed by atoms with van der Waals surface area (Å²) in [4.78, 5) is 15.2. The number of benzene rings is 3. The summed E-state index contributed by atoms with van der Waals surface area (Å²) in [5.74, 6) is 1.48. The maximum absolute atomic E-state index is 13.4. The van der Waals surface area contributed by atoms with E-state index in [0.717, 1.165) is 28.0 Å². The van der Waals surface area contributed by atoms with Gasteiger partial charge in [-0.15, -0.1) is 0 Å². The van der Waals surface area contributed by atoms with E-state index in [1.54, 1.807) is 19.1 Å². The molecule has 6 heteroatoms. The van der Waals surface area contributed by atoms with Gasteiger partial charge in [0, 0.05) is 12.1 Å². The molecular weight excluding hydrogens is 421 g/mol. The number of ether oxygens (including phenoxy) is 3. The van der Waals surface area contributed by atoms with Crippen LogP contribution in [0.25, 0.3) is 0 Å². The molecule has 1 heterocycles. The summed E-state index contributed by atoms with van der Waals surface area (Å²) in [6.45, 7) is 4.84. The van der Waals surface area contributed by atoms with E-state index in [1.807, 2.05) is 38.1 Å². The largest absolute Gasteiger partial charge is 0.493 e. The van der Waals surface area contributed by atoms with Gasteiger partial charge in [-0.1, -0.05) is 6.07 Å². The monoisotopic (exact) mass is 449 g/mol. The highest BCUT2D eigenvalue weighted by Crippen LogP contribution is 2.39. The molecule has 0 radical (unpaired) electrons. The summed E-state index contributed by atoms with van der Waals surface area (Å²) in [7, 11) is 3.20. The number of amides is 1. The van der Waals surface area contributed by atoms with Crippen LogP contribution in [-0.2, 0) is 6.42 Å². The van der Waals surface area contributed by atoms with E-state index < -0.39 is 0 Å². The number of nitrogens with zero attached hydrogens (tertiary/aromatic N) is 1. The van der Waals surface area contributed by atoms with E-state index in [2.05, 4.69) is 6.07 Å². The predicted octanol–water partition coefficient (Wildman–Crippen LogP) is 5.28. The molecule has 0 unspecified atom stereocenters. The number of aryl methyl sites for hydroxylation is 2. The van der Waals surface area contributed by atoms with Crippen molar-refractivity contribution in [2.45, 2.75) is 26.3 Å². The molecule has 0 spiro atoms. The Labute approximate surface area is 193 Å². The molecular formula is C27H28FNO4. The molecule has 0 N–H and O–H groups in total. The zero-order valence-corrected chi connectivity index (χ0v) is 19.4. The first-order valence-corrected chi connectivity index (χ1v) is 10.9. The van der Waals surface area contributed by atoms with Gasteiger partial charge in [0.1, 0.15) is 18.2 Å². The maximum atomic E-state index is 13.4. The Morgan fingerprint density at radius 2 is 1.61 bits per heavy atom. The lowest BCUT2D eigenvalue weighted by Crippen LogP contribution is -2.42. The van der Waals surface area contributed by atoms with Gasteiger partial charge in [0.2, 0.25) is 0 Å². The summed E-state index contributed by atoms with van der Waals surface area (Å²) >= 11 is 0. The third-order valence-electron chi connectivity index (χ3n) is 5.96. The van der Waals surface area contributed by atoms with Crippen LogP contribution in [0.3, 0.4) is 0 Å². The van der Waals surface area contributed by atoms with Crippen molar-refractivity contribution in [1.29, 1.82) is 0 Å². The first-order valence-electron chi connectivity index (χ1n) is 10.9. The average Bonchev–Trinajstić information content (AvgIpc) is 2.80. The molecule has 0 aliphatic carbocycles. The first-order chi connectivity index (χ1) is 15.9. The number of fused-ring (bicyclic) bond motifs is 1.